The van der Waals surface area contributed by atoms with E-state index in [2.05, 4.69) is 4.98 Å². The lowest BCUT2D eigenvalue weighted by atomic mass is 10.0. The van der Waals surface area contributed by atoms with Gasteiger partial charge in [0.1, 0.15) is 5.82 Å². The van der Waals surface area contributed by atoms with Gasteiger partial charge in [-0.05, 0) is 23.8 Å². The Morgan fingerprint density at radius 1 is 1.33 bits per heavy atom. The van der Waals surface area contributed by atoms with Crippen LogP contribution >= 0.6 is 0 Å². The summed E-state index contributed by atoms with van der Waals surface area (Å²) >= 11 is 0. The number of hydrogen-bond acceptors (Lipinski definition) is 3. The monoisotopic (exact) mass is 245 g/mol. The van der Waals surface area contributed by atoms with Crippen LogP contribution in [0.15, 0.2) is 36.7 Å². The van der Waals surface area contributed by atoms with Crippen LogP contribution in [0.1, 0.15) is 20.7 Å². The maximum atomic E-state index is 13.5. The topological polar surface area (TPSA) is 67.3 Å². The van der Waals surface area contributed by atoms with Crippen molar-refractivity contribution in [1.82, 2.24) is 4.98 Å². The largest absolute Gasteiger partial charge is 0.478 e. The molecule has 0 aliphatic heterocycles. The number of aromatic nitrogens is 1. The molecule has 0 bridgehead atoms. The number of hydrogen-bond donors (Lipinski definition) is 1. The third kappa shape index (κ3) is 2.10. The molecule has 0 atom stereocenters. The lowest BCUT2D eigenvalue weighted by Gasteiger charge is -2.05. The molecule has 0 amide bonds. The molecule has 1 aromatic heterocycles. The molecule has 18 heavy (non-hydrogen) atoms. The van der Waals surface area contributed by atoms with Gasteiger partial charge in [0.25, 0.3) is 0 Å². The quantitative estimate of drug-likeness (QED) is 0.843. The second-order valence-electron chi connectivity index (χ2n) is 3.58. The molecule has 0 unspecified atom stereocenters. The van der Waals surface area contributed by atoms with Gasteiger partial charge in [-0.25, -0.2) is 9.18 Å². The molecule has 0 fully saturated rings. The van der Waals surface area contributed by atoms with E-state index in [0.717, 1.165) is 12.1 Å². The van der Waals surface area contributed by atoms with Gasteiger partial charge < -0.3 is 5.11 Å². The first-order chi connectivity index (χ1) is 8.63. The minimum Gasteiger partial charge on any atom is -0.478 e. The first-order valence-electron chi connectivity index (χ1n) is 5.06. The smallest absolute Gasteiger partial charge is 0.338 e. The van der Waals surface area contributed by atoms with Crippen molar-refractivity contribution in [3.63, 3.8) is 0 Å². The van der Waals surface area contributed by atoms with Crippen LogP contribution in [0, 0.1) is 5.82 Å². The highest BCUT2D eigenvalue weighted by molar-refractivity contribution is 5.90. The molecule has 4 nitrogen and oxygen atoms in total. The van der Waals surface area contributed by atoms with E-state index in [9.17, 15) is 14.0 Å². The second-order valence-corrected chi connectivity index (χ2v) is 3.58. The summed E-state index contributed by atoms with van der Waals surface area (Å²) < 4.78 is 13.5. The Morgan fingerprint density at radius 2 is 2.11 bits per heavy atom. The van der Waals surface area contributed by atoms with Crippen LogP contribution in [0.5, 0.6) is 0 Å². The van der Waals surface area contributed by atoms with Gasteiger partial charge >= 0.3 is 5.97 Å². The molecule has 0 radical (unpaired) electrons. The van der Waals surface area contributed by atoms with Crippen molar-refractivity contribution in [2.75, 3.05) is 0 Å². The minimum absolute atomic E-state index is 0.368. The molecule has 90 valence electrons. The van der Waals surface area contributed by atoms with Gasteiger partial charge in [0.05, 0.1) is 5.56 Å². The summed E-state index contributed by atoms with van der Waals surface area (Å²) in [5.74, 6) is -2.18. The molecule has 2 aromatic rings. The number of aromatic carboxylic acids is 1. The van der Waals surface area contributed by atoms with E-state index in [1.54, 1.807) is 0 Å². The number of pyridine rings is 1. The summed E-state index contributed by atoms with van der Waals surface area (Å²) in [7, 11) is 0. The molecule has 0 aliphatic rings. The minimum atomic E-state index is -1.33. The van der Waals surface area contributed by atoms with Crippen LogP contribution < -0.4 is 0 Å². The first kappa shape index (κ1) is 11.9. The third-order valence-electron chi connectivity index (χ3n) is 2.49. The van der Waals surface area contributed by atoms with Crippen LogP contribution in [0.3, 0.4) is 0 Å². The molecule has 0 spiro atoms. The van der Waals surface area contributed by atoms with E-state index in [4.69, 9.17) is 5.11 Å². The molecular weight excluding hydrogens is 237 g/mol. The number of halogens is 1. The third-order valence-corrected chi connectivity index (χ3v) is 2.49. The number of carbonyl (C=O) groups excluding carboxylic acids is 1. The van der Waals surface area contributed by atoms with E-state index in [1.807, 2.05) is 0 Å². The van der Waals surface area contributed by atoms with Crippen LogP contribution in [0.2, 0.25) is 0 Å². The number of nitrogens with zero attached hydrogens (tertiary/aromatic N) is 1. The van der Waals surface area contributed by atoms with Gasteiger partial charge in [0.2, 0.25) is 0 Å². The molecule has 0 aliphatic carbocycles. The normalized spacial score (nSPS) is 10.1. The van der Waals surface area contributed by atoms with Gasteiger partial charge in [-0.15, -0.1) is 0 Å². The second kappa shape index (κ2) is 4.75. The molecule has 1 aromatic carbocycles. The zero-order valence-corrected chi connectivity index (χ0v) is 9.13. The average molecular weight is 245 g/mol. The van der Waals surface area contributed by atoms with Crippen LogP contribution in [0.25, 0.3) is 11.1 Å². The lowest BCUT2D eigenvalue weighted by Crippen LogP contribution is -2.00. The number of carboxylic acids is 1. The summed E-state index contributed by atoms with van der Waals surface area (Å²) in [5, 5.41) is 8.72. The Morgan fingerprint density at radius 3 is 2.72 bits per heavy atom. The SMILES string of the molecule is O=Cc1ccncc1-c1ccc(C(=O)O)c(F)c1. The average Bonchev–Trinajstić information content (AvgIpc) is 2.38. The van der Waals surface area contributed by atoms with E-state index in [-0.39, 0.29) is 0 Å². The van der Waals surface area contributed by atoms with Crippen molar-refractivity contribution in [2.24, 2.45) is 0 Å². The Hall–Kier alpha value is -2.56. The Labute approximate surface area is 102 Å². The molecule has 0 saturated carbocycles. The fourth-order valence-corrected chi connectivity index (χ4v) is 1.61. The lowest BCUT2D eigenvalue weighted by molar-refractivity contribution is 0.0691. The zero-order valence-electron chi connectivity index (χ0n) is 9.13. The fourth-order valence-electron chi connectivity index (χ4n) is 1.61. The Kier molecular flexibility index (Phi) is 3.14. The maximum Gasteiger partial charge on any atom is 0.338 e. The fraction of sp³-hybridized carbons (Fsp3) is 0. The van der Waals surface area contributed by atoms with Crippen LogP contribution in [0.4, 0.5) is 4.39 Å². The standard InChI is InChI=1S/C13H8FNO3/c14-12-5-8(1-2-10(12)13(17)18)11-6-15-4-3-9(11)7-16/h1-7H,(H,17,18). The molecule has 5 heteroatoms. The van der Waals surface area contributed by atoms with Crippen molar-refractivity contribution < 1.29 is 19.1 Å². The Balaban J connectivity index is 2.55. The van der Waals surface area contributed by atoms with Crippen LogP contribution in [-0.2, 0) is 0 Å². The maximum absolute atomic E-state index is 13.5. The number of aldehydes is 1. The highest BCUT2D eigenvalue weighted by Crippen LogP contribution is 2.23. The molecule has 1 N–H and O–H groups in total. The van der Waals surface area contributed by atoms with E-state index < -0.39 is 17.3 Å². The summed E-state index contributed by atoms with van der Waals surface area (Å²) in [6.07, 6.45) is 3.52. The van der Waals surface area contributed by atoms with Crippen LogP contribution in [-0.4, -0.2) is 22.3 Å². The predicted octanol–water partition coefficient (Wildman–Crippen LogP) is 2.40. The molecule has 1 heterocycles. The van der Waals surface area contributed by atoms with Gasteiger partial charge in [-0.2, -0.15) is 0 Å². The number of carboxylic acid groups (broad SMARTS) is 1. The molecular formula is C13H8FNO3. The predicted molar refractivity (Wildman–Crippen MR) is 62.0 cm³/mol. The summed E-state index contributed by atoms with van der Waals surface area (Å²) in [6.45, 7) is 0. The highest BCUT2D eigenvalue weighted by Gasteiger charge is 2.12. The van der Waals surface area contributed by atoms with Gasteiger partial charge in [-0.3, -0.25) is 9.78 Å². The first-order valence-corrected chi connectivity index (χ1v) is 5.06. The number of carbonyl (C=O) groups is 2. The Bertz CT molecular complexity index is 625. The van der Waals surface area contributed by atoms with Crippen molar-refractivity contribution in [3.8, 4) is 11.1 Å². The molecule has 2 rings (SSSR count). The van der Waals surface area contributed by atoms with Crippen molar-refractivity contribution in [3.05, 3.63) is 53.6 Å². The van der Waals surface area contributed by atoms with Crippen molar-refractivity contribution in [2.45, 2.75) is 0 Å². The number of rotatable bonds is 3. The van der Waals surface area contributed by atoms with E-state index in [1.165, 1.54) is 24.5 Å². The van der Waals surface area contributed by atoms with Crippen molar-refractivity contribution >= 4 is 12.3 Å². The summed E-state index contributed by atoms with van der Waals surface area (Å²) in [5.41, 5.74) is 0.832. The highest BCUT2D eigenvalue weighted by atomic mass is 19.1. The van der Waals surface area contributed by atoms with Gasteiger partial charge in [-0.1, -0.05) is 6.07 Å². The van der Waals surface area contributed by atoms with Gasteiger partial charge in [0.15, 0.2) is 6.29 Å². The number of benzene rings is 1. The van der Waals surface area contributed by atoms with Gasteiger partial charge in [0, 0.05) is 23.5 Å². The molecule has 0 saturated heterocycles. The summed E-state index contributed by atoms with van der Waals surface area (Å²) in [4.78, 5) is 25.4. The van der Waals surface area contributed by atoms with Crippen molar-refractivity contribution in [1.29, 1.82) is 0 Å². The van der Waals surface area contributed by atoms with E-state index >= 15 is 0 Å². The zero-order chi connectivity index (χ0) is 13.1. The van der Waals surface area contributed by atoms with E-state index in [0.29, 0.717) is 23.0 Å². The summed E-state index contributed by atoms with van der Waals surface area (Å²) in [6, 6.07) is 5.18.